The molecule has 1 N–H and O–H groups in total. The van der Waals surface area contributed by atoms with Gasteiger partial charge in [-0.05, 0) is 48.2 Å². The number of anilines is 1. The highest BCUT2D eigenvalue weighted by atomic mass is 32.2. The van der Waals surface area contributed by atoms with E-state index in [-0.39, 0.29) is 29.1 Å². The number of pyridine rings is 1. The van der Waals surface area contributed by atoms with E-state index in [9.17, 15) is 14.4 Å². The number of benzene rings is 1. The zero-order valence-corrected chi connectivity index (χ0v) is 16.4. The van der Waals surface area contributed by atoms with Crippen LogP contribution in [0, 0.1) is 0 Å². The molecule has 0 fully saturated rings. The maximum Gasteiger partial charge on any atom is 0.261 e. The Kier molecular flexibility index (Phi) is 5.18. The molecular formula is C21H17N3O4S. The van der Waals surface area contributed by atoms with E-state index in [1.165, 1.54) is 24.5 Å². The fraction of sp³-hybridized carbons (Fsp3) is 0.143. The van der Waals surface area contributed by atoms with Crippen LogP contribution in [0.25, 0.3) is 0 Å². The summed E-state index contributed by atoms with van der Waals surface area (Å²) in [6.45, 7) is 2.09. The largest absolute Gasteiger partial charge is 0.467 e. The third kappa shape index (κ3) is 3.79. The van der Waals surface area contributed by atoms with Crippen LogP contribution in [0.2, 0.25) is 0 Å². The SMILES string of the molecule is CCSc1ccc(NC(=O)c2ccc3c(c2)C(=O)N(Cc2ccco2)C3=O)cn1. The Bertz CT molecular complexity index is 1080. The molecule has 0 saturated carbocycles. The molecule has 0 radical (unpaired) electrons. The number of carbonyl (C=O) groups is 3. The first-order valence-electron chi connectivity index (χ1n) is 8.99. The van der Waals surface area contributed by atoms with Gasteiger partial charge in [0.25, 0.3) is 17.7 Å². The van der Waals surface area contributed by atoms with E-state index in [0.717, 1.165) is 15.7 Å². The van der Waals surface area contributed by atoms with Gasteiger partial charge < -0.3 is 9.73 Å². The highest BCUT2D eigenvalue weighted by Crippen LogP contribution is 2.26. The monoisotopic (exact) mass is 407 g/mol. The minimum atomic E-state index is -0.446. The van der Waals surface area contributed by atoms with Gasteiger partial charge in [0.05, 0.1) is 40.8 Å². The number of imide groups is 1. The maximum atomic E-state index is 12.7. The van der Waals surface area contributed by atoms with Crippen molar-refractivity contribution in [3.63, 3.8) is 0 Å². The van der Waals surface area contributed by atoms with Crippen LogP contribution in [0.3, 0.4) is 0 Å². The Morgan fingerprint density at radius 3 is 2.66 bits per heavy atom. The average molecular weight is 407 g/mol. The van der Waals surface area contributed by atoms with Gasteiger partial charge >= 0.3 is 0 Å². The van der Waals surface area contributed by atoms with Crippen molar-refractivity contribution in [3.8, 4) is 0 Å². The van der Waals surface area contributed by atoms with Crippen LogP contribution < -0.4 is 5.32 Å². The number of amides is 3. The Morgan fingerprint density at radius 1 is 1.14 bits per heavy atom. The number of thioether (sulfide) groups is 1. The Balaban J connectivity index is 1.51. The highest BCUT2D eigenvalue weighted by molar-refractivity contribution is 7.99. The van der Waals surface area contributed by atoms with Crippen LogP contribution in [0.15, 0.2) is 64.4 Å². The van der Waals surface area contributed by atoms with E-state index in [1.807, 2.05) is 13.0 Å². The van der Waals surface area contributed by atoms with E-state index >= 15 is 0 Å². The molecule has 3 aromatic rings. The number of furan rings is 1. The van der Waals surface area contributed by atoms with Crippen molar-refractivity contribution in [1.29, 1.82) is 0 Å². The predicted molar refractivity (Wildman–Crippen MR) is 108 cm³/mol. The highest BCUT2D eigenvalue weighted by Gasteiger charge is 2.36. The molecule has 4 rings (SSSR count). The van der Waals surface area contributed by atoms with Crippen LogP contribution in [0.5, 0.6) is 0 Å². The van der Waals surface area contributed by atoms with Crippen LogP contribution in [0.4, 0.5) is 5.69 Å². The summed E-state index contributed by atoms with van der Waals surface area (Å²) >= 11 is 1.61. The average Bonchev–Trinajstić information content (AvgIpc) is 3.32. The van der Waals surface area contributed by atoms with Crippen LogP contribution in [-0.2, 0) is 6.54 Å². The molecule has 0 spiro atoms. The summed E-state index contributed by atoms with van der Waals surface area (Å²) in [5, 5.41) is 3.64. The molecule has 3 amide bonds. The van der Waals surface area contributed by atoms with E-state index in [0.29, 0.717) is 11.4 Å². The van der Waals surface area contributed by atoms with Crippen molar-refractivity contribution in [3.05, 3.63) is 77.4 Å². The first-order chi connectivity index (χ1) is 14.1. The van der Waals surface area contributed by atoms with Gasteiger partial charge in [-0.2, -0.15) is 0 Å². The topological polar surface area (TPSA) is 92.5 Å². The van der Waals surface area contributed by atoms with Crippen molar-refractivity contribution in [1.82, 2.24) is 9.88 Å². The first-order valence-corrected chi connectivity index (χ1v) is 9.98. The molecule has 146 valence electrons. The molecule has 0 aliphatic carbocycles. The Labute approximate surface area is 171 Å². The fourth-order valence-corrected chi connectivity index (χ4v) is 3.61. The minimum absolute atomic E-state index is 0.0503. The van der Waals surface area contributed by atoms with E-state index in [1.54, 1.807) is 36.2 Å². The second-order valence-corrected chi connectivity index (χ2v) is 7.59. The molecule has 0 bridgehead atoms. The lowest BCUT2D eigenvalue weighted by molar-refractivity contribution is 0.0631. The number of fused-ring (bicyclic) bond motifs is 1. The molecule has 0 atom stereocenters. The molecule has 0 unspecified atom stereocenters. The second kappa shape index (κ2) is 7.92. The Morgan fingerprint density at radius 2 is 1.97 bits per heavy atom. The van der Waals surface area contributed by atoms with Gasteiger partial charge in [0.1, 0.15) is 5.76 Å². The summed E-state index contributed by atoms with van der Waals surface area (Å²) < 4.78 is 5.23. The van der Waals surface area contributed by atoms with Gasteiger partial charge in [-0.25, -0.2) is 4.98 Å². The molecular weight excluding hydrogens is 390 g/mol. The lowest BCUT2D eigenvalue weighted by Crippen LogP contribution is -2.28. The van der Waals surface area contributed by atoms with Gasteiger partial charge in [-0.1, -0.05) is 6.92 Å². The van der Waals surface area contributed by atoms with Crippen LogP contribution >= 0.6 is 11.8 Å². The number of hydrogen-bond donors (Lipinski definition) is 1. The molecule has 0 saturated heterocycles. The van der Waals surface area contributed by atoms with Gasteiger partial charge in [-0.3, -0.25) is 19.3 Å². The normalized spacial score (nSPS) is 12.9. The number of aromatic nitrogens is 1. The fourth-order valence-electron chi connectivity index (χ4n) is 3.02. The zero-order chi connectivity index (χ0) is 20.4. The van der Waals surface area contributed by atoms with Crippen LogP contribution in [0.1, 0.15) is 43.8 Å². The van der Waals surface area contributed by atoms with Gasteiger partial charge in [-0.15, -0.1) is 11.8 Å². The Hall–Kier alpha value is -3.39. The summed E-state index contributed by atoms with van der Waals surface area (Å²) in [5.41, 5.74) is 1.33. The van der Waals surface area contributed by atoms with Gasteiger partial charge in [0.15, 0.2) is 0 Å². The van der Waals surface area contributed by atoms with Crippen molar-refractivity contribution < 1.29 is 18.8 Å². The number of nitrogens with one attached hydrogen (secondary N) is 1. The van der Waals surface area contributed by atoms with Crippen LogP contribution in [-0.4, -0.2) is 33.4 Å². The van der Waals surface area contributed by atoms with Crippen molar-refractivity contribution >= 4 is 35.2 Å². The smallest absolute Gasteiger partial charge is 0.261 e. The molecule has 1 aliphatic heterocycles. The van der Waals surface area contributed by atoms with Gasteiger partial charge in [0, 0.05) is 5.56 Å². The third-order valence-corrected chi connectivity index (χ3v) is 5.24. The molecule has 1 aromatic carbocycles. The zero-order valence-electron chi connectivity index (χ0n) is 15.5. The number of carbonyl (C=O) groups excluding carboxylic acids is 3. The van der Waals surface area contributed by atoms with Gasteiger partial charge in [0.2, 0.25) is 0 Å². The summed E-state index contributed by atoms with van der Waals surface area (Å²) in [7, 11) is 0. The quantitative estimate of drug-likeness (QED) is 0.493. The molecule has 29 heavy (non-hydrogen) atoms. The standard InChI is InChI=1S/C21H17N3O4S/c1-2-29-18-8-6-14(11-22-18)23-19(25)13-5-7-16-17(10-13)21(27)24(20(16)26)12-15-4-3-9-28-15/h3-11H,2,12H2,1H3,(H,23,25). The minimum Gasteiger partial charge on any atom is -0.467 e. The predicted octanol–water partition coefficient (Wildman–Crippen LogP) is 3.84. The molecule has 8 heteroatoms. The number of rotatable bonds is 6. The van der Waals surface area contributed by atoms with E-state index < -0.39 is 11.8 Å². The summed E-state index contributed by atoms with van der Waals surface area (Å²) in [4.78, 5) is 43.2. The maximum absolute atomic E-state index is 12.7. The van der Waals surface area contributed by atoms with Crippen molar-refractivity contribution in [2.45, 2.75) is 18.5 Å². The molecule has 1 aliphatic rings. The van der Waals surface area contributed by atoms with Crippen molar-refractivity contribution in [2.24, 2.45) is 0 Å². The summed E-state index contributed by atoms with van der Waals surface area (Å²) in [5.74, 6) is 0.197. The lowest BCUT2D eigenvalue weighted by atomic mass is 10.1. The third-order valence-electron chi connectivity index (χ3n) is 4.41. The number of nitrogens with zero attached hydrogens (tertiary/aromatic N) is 2. The number of hydrogen-bond acceptors (Lipinski definition) is 6. The second-order valence-electron chi connectivity index (χ2n) is 6.31. The molecule has 2 aromatic heterocycles. The van der Waals surface area contributed by atoms with E-state index in [4.69, 9.17) is 4.42 Å². The van der Waals surface area contributed by atoms with E-state index in [2.05, 4.69) is 10.3 Å². The summed E-state index contributed by atoms with van der Waals surface area (Å²) in [6.07, 6.45) is 3.07. The molecule has 7 nitrogen and oxygen atoms in total. The summed E-state index contributed by atoms with van der Waals surface area (Å²) in [6, 6.07) is 11.5. The molecule has 3 heterocycles. The lowest BCUT2D eigenvalue weighted by Gasteiger charge is -2.11. The first kappa shape index (κ1) is 18.9. The van der Waals surface area contributed by atoms with Crippen molar-refractivity contribution in [2.75, 3.05) is 11.1 Å².